The van der Waals surface area contributed by atoms with Gasteiger partial charge in [0.1, 0.15) is 19.0 Å². The molecule has 4 aromatic rings. The Morgan fingerprint density at radius 3 is 2.40 bits per heavy atom. The Kier molecular flexibility index (Phi) is 10.7. The van der Waals surface area contributed by atoms with Crippen molar-refractivity contribution in [3.8, 4) is 5.69 Å². The number of halogens is 1. The first-order valence-corrected chi connectivity index (χ1v) is 13.2. The van der Waals surface area contributed by atoms with Crippen molar-refractivity contribution in [3.63, 3.8) is 0 Å². The first-order chi connectivity index (χ1) is 20.4. The minimum Gasteiger partial charge on any atom is -0.447 e. The zero-order valence-corrected chi connectivity index (χ0v) is 23.3. The Morgan fingerprint density at radius 2 is 1.71 bits per heavy atom. The SMILES string of the molecule is COCCOC(=O)Nc1ccc(NC(=O)C(Cc2ccccc2)NC(=O)C=Cc2cc(Cl)ccc2-n2cnnn2)cc1. The summed E-state index contributed by atoms with van der Waals surface area (Å²) in [6.45, 7) is 0.414. The van der Waals surface area contributed by atoms with Crippen LogP contribution < -0.4 is 16.0 Å². The number of amides is 3. The number of nitrogens with one attached hydrogen (secondary N) is 3. The number of carbonyl (C=O) groups is 3. The largest absolute Gasteiger partial charge is 0.447 e. The molecule has 1 atom stereocenters. The lowest BCUT2D eigenvalue weighted by Crippen LogP contribution is -2.44. The van der Waals surface area contributed by atoms with E-state index in [1.54, 1.807) is 48.5 Å². The molecule has 42 heavy (non-hydrogen) atoms. The van der Waals surface area contributed by atoms with Crippen LogP contribution in [0.15, 0.2) is 85.2 Å². The van der Waals surface area contributed by atoms with Crippen molar-refractivity contribution in [1.82, 2.24) is 25.5 Å². The van der Waals surface area contributed by atoms with Gasteiger partial charge in [0.05, 0.1) is 12.3 Å². The Balaban J connectivity index is 1.44. The number of benzene rings is 3. The molecule has 216 valence electrons. The Labute approximate surface area is 246 Å². The number of nitrogens with zero attached hydrogens (tertiary/aromatic N) is 4. The summed E-state index contributed by atoms with van der Waals surface area (Å²) in [6.07, 6.45) is 3.95. The Hall–Kier alpha value is -5.07. The van der Waals surface area contributed by atoms with Gasteiger partial charge in [-0.15, -0.1) is 5.10 Å². The normalized spacial score (nSPS) is 11.6. The molecule has 0 fully saturated rings. The van der Waals surface area contributed by atoms with Crippen LogP contribution in [0.5, 0.6) is 0 Å². The number of tetrazole rings is 1. The van der Waals surface area contributed by atoms with Gasteiger partial charge in [-0.2, -0.15) is 4.68 Å². The lowest BCUT2D eigenvalue weighted by atomic mass is 10.0. The number of rotatable bonds is 12. The lowest BCUT2D eigenvalue weighted by Gasteiger charge is -2.18. The number of ether oxygens (including phenoxy) is 2. The fraction of sp³-hybridized carbons (Fsp3) is 0.172. The maximum Gasteiger partial charge on any atom is 0.411 e. The summed E-state index contributed by atoms with van der Waals surface area (Å²) >= 11 is 6.17. The van der Waals surface area contributed by atoms with Crippen LogP contribution >= 0.6 is 11.6 Å². The molecule has 3 amide bonds. The van der Waals surface area contributed by atoms with Gasteiger partial charge < -0.3 is 20.1 Å². The van der Waals surface area contributed by atoms with E-state index >= 15 is 0 Å². The van der Waals surface area contributed by atoms with Crippen molar-refractivity contribution >= 4 is 47.0 Å². The first-order valence-electron chi connectivity index (χ1n) is 12.8. The highest BCUT2D eigenvalue weighted by molar-refractivity contribution is 6.30. The number of methoxy groups -OCH3 is 1. The minimum absolute atomic E-state index is 0.125. The van der Waals surface area contributed by atoms with E-state index in [9.17, 15) is 14.4 Å². The molecule has 0 aliphatic heterocycles. The zero-order valence-electron chi connectivity index (χ0n) is 22.6. The van der Waals surface area contributed by atoms with Crippen molar-refractivity contribution < 1.29 is 23.9 Å². The van der Waals surface area contributed by atoms with Crippen LogP contribution in [0.3, 0.4) is 0 Å². The van der Waals surface area contributed by atoms with E-state index in [-0.39, 0.29) is 19.6 Å². The molecule has 0 bridgehead atoms. The summed E-state index contributed by atoms with van der Waals surface area (Å²) in [7, 11) is 1.51. The number of carbonyl (C=O) groups excluding carboxylic acids is 3. The zero-order chi connectivity index (χ0) is 29.7. The van der Waals surface area contributed by atoms with Crippen LogP contribution in [0.4, 0.5) is 16.2 Å². The van der Waals surface area contributed by atoms with Crippen LogP contribution in [-0.4, -0.2) is 64.5 Å². The van der Waals surface area contributed by atoms with Gasteiger partial charge in [0.15, 0.2) is 0 Å². The minimum atomic E-state index is -0.892. The second-order valence-electron chi connectivity index (χ2n) is 8.86. The second-order valence-corrected chi connectivity index (χ2v) is 9.30. The summed E-state index contributed by atoms with van der Waals surface area (Å²) < 4.78 is 11.3. The fourth-order valence-electron chi connectivity index (χ4n) is 3.82. The van der Waals surface area contributed by atoms with Gasteiger partial charge in [0, 0.05) is 41.6 Å². The molecule has 1 aromatic heterocycles. The van der Waals surface area contributed by atoms with Gasteiger partial charge in [-0.1, -0.05) is 41.9 Å². The molecule has 0 aliphatic carbocycles. The topological polar surface area (TPSA) is 149 Å². The number of hydrogen-bond donors (Lipinski definition) is 3. The van der Waals surface area contributed by atoms with Crippen molar-refractivity contribution in [3.05, 3.63) is 101 Å². The van der Waals surface area contributed by atoms with E-state index in [0.717, 1.165) is 5.56 Å². The average Bonchev–Trinajstić information content (AvgIpc) is 3.52. The Bertz CT molecular complexity index is 1510. The highest BCUT2D eigenvalue weighted by atomic mass is 35.5. The molecular formula is C29H28ClN7O5. The third kappa shape index (κ3) is 8.98. The van der Waals surface area contributed by atoms with E-state index < -0.39 is 23.9 Å². The summed E-state index contributed by atoms with van der Waals surface area (Å²) in [5.74, 6) is -0.905. The van der Waals surface area contributed by atoms with E-state index in [4.69, 9.17) is 21.1 Å². The molecule has 0 aliphatic rings. The van der Waals surface area contributed by atoms with Gasteiger partial charge in [0.25, 0.3) is 0 Å². The smallest absolute Gasteiger partial charge is 0.411 e. The molecule has 3 N–H and O–H groups in total. The van der Waals surface area contributed by atoms with Crippen molar-refractivity contribution in [1.29, 1.82) is 0 Å². The van der Waals surface area contributed by atoms with E-state index in [1.807, 2.05) is 30.3 Å². The third-order valence-electron chi connectivity index (χ3n) is 5.83. The molecular weight excluding hydrogens is 562 g/mol. The Morgan fingerprint density at radius 1 is 0.976 bits per heavy atom. The maximum absolute atomic E-state index is 13.3. The molecule has 0 spiro atoms. The molecule has 12 nitrogen and oxygen atoms in total. The summed E-state index contributed by atoms with van der Waals surface area (Å²) in [6, 6.07) is 20.0. The van der Waals surface area contributed by atoms with Crippen LogP contribution in [0.25, 0.3) is 11.8 Å². The molecule has 13 heteroatoms. The van der Waals surface area contributed by atoms with Crippen molar-refractivity contribution in [2.24, 2.45) is 0 Å². The second kappa shape index (κ2) is 15.1. The van der Waals surface area contributed by atoms with Gasteiger partial charge in [-0.3, -0.25) is 14.9 Å². The molecule has 0 radical (unpaired) electrons. The molecule has 0 saturated heterocycles. The summed E-state index contributed by atoms with van der Waals surface area (Å²) in [4.78, 5) is 38.1. The van der Waals surface area contributed by atoms with Crippen LogP contribution in [-0.2, 0) is 25.5 Å². The van der Waals surface area contributed by atoms with Gasteiger partial charge in [-0.05, 0) is 64.5 Å². The number of hydrogen-bond acceptors (Lipinski definition) is 8. The molecule has 1 unspecified atom stereocenters. The van der Waals surface area contributed by atoms with Gasteiger partial charge in [0.2, 0.25) is 11.8 Å². The molecule has 3 aromatic carbocycles. The predicted molar refractivity (Wildman–Crippen MR) is 157 cm³/mol. The lowest BCUT2D eigenvalue weighted by molar-refractivity contribution is -0.123. The van der Waals surface area contributed by atoms with E-state index in [1.165, 1.54) is 24.2 Å². The predicted octanol–water partition coefficient (Wildman–Crippen LogP) is 3.89. The molecule has 1 heterocycles. The first kappa shape index (κ1) is 29.9. The van der Waals surface area contributed by atoms with Crippen LogP contribution in [0.2, 0.25) is 5.02 Å². The van der Waals surface area contributed by atoms with Gasteiger partial charge in [-0.25, -0.2) is 4.79 Å². The maximum atomic E-state index is 13.3. The van der Waals surface area contributed by atoms with E-state index in [2.05, 4.69) is 31.5 Å². The number of anilines is 2. The number of aromatic nitrogens is 4. The highest BCUT2D eigenvalue weighted by Crippen LogP contribution is 2.20. The molecule has 4 rings (SSSR count). The van der Waals surface area contributed by atoms with E-state index in [0.29, 0.717) is 27.6 Å². The monoisotopic (exact) mass is 589 g/mol. The van der Waals surface area contributed by atoms with Gasteiger partial charge >= 0.3 is 6.09 Å². The average molecular weight is 590 g/mol. The quantitative estimate of drug-likeness (QED) is 0.166. The third-order valence-corrected chi connectivity index (χ3v) is 6.07. The standard InChI is InChI=1S/C29H28ClN7O5/c1-41-15-16-42-29(40)33-24-11-9-23(10-12-24)32-28(39)25(17-20-5-3-2-4-6-20)34-27(38)14-7-21-18-22(30)8-13-26(21)37-19-31-35-36-37/h2-14,18-19,25H,15-17H2,1H3,(H,32,39)(H,33,40)(H,34,38). The molecule has 0 saturated carbocycles. The van der Waals surface area contributed by atoms with Crippen LogP contribution in [0, 0.1) is 0 Å². The van der Waals surface area contributed by atoms with Crippen molar-refractivity contribution in [2.45, 2.75) is 12.5 Å². The fourth-order valence-corrected chi connectivity index (χ4v) is 4.00. The highest BCUT2D eigenvalue weighted by Gasteiger charge is 2.21. The summed E-state index contributed by atoms with van der Waals surface area (Å²) in [5, 5.41) is 19.8. The van der Waals surface area contributed by atoms with Crippen molar-refractivity contribution in [2.75, 3.05) is 31.0 Å². The summed E-state index contributed by atoms with van der Waals surface area (Å²) in [5.41, 5.74) is 3.05. The van der Waals surface area contributed by atoms with Crippen LogP contribution in [0.1, 0.15) is 11.1 Å².